The van der Waals surface area contributed by atoms with Gasteiger partial charge in [-0.2, -0.15) is 14.5 Å². The predicted octanol–water partition coefficient (Wildman–Crippen LogP) is -3.85. The Morgan fingerprint density at radius 1 is 1.14 bits per heavy atom. The van der Waals surface area contributed by atoms with E-state index in [2.05, 4.69) is 30.9 Å². The number of nitrogens with one attached hydrogen (secondary N) is 2. The summed E-state index contributed by atoms with van der Waals surface area (Å²) in [7, 11) is -6.22. The third-order valence-corrected chi connectivity index (χ3v) is 8.45. The number of aliphatic hydroxyl groups is 2. The van der Waals surface area contributed by atoms with E-state index in [1.807, 2.05) is 0 Å². The van der Waals surface area contributed by atoms with E-state index in [9.17, 15) is 34.5 Å². The molecule has 4 aromatic heterocycles. The SMILES string of the molecule is N#C[BH2-][n+]1cn(C2CC(O)C(COP(=O)(O)OC3CC(n4cnc5c(=O)[nH]c(N)nc54)OC3CO)O2)c2nc(N)[nH]c(=O)c21. The Labute approximate surface area is 245 Å². The van der Waals surface area contributed by atoms with Crippen LogP contribution < -0.4 is 27.1 Å². The van der Waals surface area contributed by atoms with E-state index in [-0.39, 0.29) is 47.1 Å². The van der Waals surface area contributed by atoms with Gasteiger partial charge in [0.1, 0.15) is 24.5 Å². The normalized spacial score (nSPS) is 26.8. The van der Waals surface area contributed by atoms with Crippen molar-refractivity contribution in [1.82, 2.24) is 34.1 Å². The lowest BCUT2D eigenvalue weighted by atomic mass is 9.98. The highest BCUT2D eigenvalue weighted by atomic mass is 31.2. The first kappa shape index (κ1) is 29.9. The molecule has 21 nitrogen and oxygen atoms in total. The standard InChI is InChI=1S/C21H27BN11O10P/c23-5-22-33-7-32(17-15(33)19(37)30-21(25)28-17)12-1-8(35)11(42-12)4-40-44(38,39)43-9-2-13(41-10(9)3-34)31-6-26-14-16(31)27-20(24)29-18(14)36/h6-13,34-35H,1-4,22H2,(H,38,39)(H3,24,27,29,36)(H3,25,28,30,37). The molecule has 23 heteroatoms. The van der Waals surface area contributed by atoms with Crippen LogP contribution in [0.4, 0.5) is 11.9 Å². The number of hydrogen-bond donors (Lipinski definition) is 7. The molecule has 9 N–H and O–H groups in total. The lowest BCUT2D eigenvalue weighted by molar-refractivity contribution is -0.499. The van der Waals surface area contributed by atoms with E-state index in [0.717, 1.165) is 0 Å². The van der Waals surface area contributed by atoms with E-state index in [1.54, 1.807) is 0 Å². The van der Waals surface area contributed by atoms with Gasteiger partial charge < -0.3 is 40.5 Å². The number of nitrogens with zero attached hydrogens (tertiary/aromatic N) is 7. The number of hydrogen-bond acceptors (Lipinski definition) is 15. The third-order valence-electron chi connectivity index (χ3n) is 7.44. The molecule has 2 aliphatic rings. The molecule has 44 heavy (non-hydrogen) atoms. The largest absolute Gasteiger partial charge is 0.472 e. The second-order valence-corrected chi connectivity index (χ2v) is 11.8. The molecular formula is C21H27BN11O10P. The molecule has 234 valence electrons. The molecule has 0 spiro atoms. The Hall–Kier alpha value is -4.20. The molecule has 0 saturated carbocycles. The summed E-state index contributed by atoms with van der Waals surface area (Å²) >= 11 is 0. The second kappa shape index (κ2) is 11.4. The number of H-pyrrole nitrogens is 2. The topological polar surface area (TPSA) is 309 Å². The second-order valence-electron chi connectivity index (χ2n) is 10.4. The average molecular weight is 635 g/mol. The van der Waals surface area contributed by atoms with Crippen LogP contribution in [0.25, 0.3) is 22.3 Å². The number of nitrogen functional groups attached to an aromatic ring is 2. The average Bonchev–Trinajstić information content (AvgIpc) is 3.72. The van der Waals surface area contributed by atoms with Gasteiger partial charge in [-0.05, 0) is 0 Å². The first-order valence-electron chi connectivity index (χ1n) is 13.4. The highest BCUT2D eigenvalue weighted by Gasteiger charge is 2.44. The monoisotopic (exact) mass is 635 g/mol. The number of anilines is 2. The summed E-state index contributed by atoms with van der Waals surface area (Å²) in [5.41, 5.74) is 10.6. The molecule has 0 amide bonds. The van der Waals surface area contributed by atoms with Crippen LogP contribution in [0.1, 0.15) is 25.3 Å². The molecule has 7 unspecified atom stereocenters. The van der Waals surface area contributed by atoms with Gasteiger partial charge in [0.2, 0.25) is 30.0 Å². The summed E-state index contributed by atoms with van der Waals surface area (Å²) < 4.78 is 39.4. The summed E-state index contributed by atoms with van der Waals surface area (Å²) in [6.45, 7) is -1.14. The molecule has 2 aliphatic heterocycles. The van der Waals surface area contributed by atoms with Crippen LogP contribution in [0.2, 0.25) is 0 Å². The van der Waals surface area contributed by atoms with Crippen molar-refractivity contribution in [3.8, 4) is 5.97 Å². The fraction of sp³-hybridized carbons (Fsp3) is 0.476. The first-order valence-corrected chi connectivity index (χ1v) is 14.9. The van der Waals surface area contributed by atoms with Gasteiger partial charge in [-0.1, -0.05) is 0 Å². The quantitative estimate of drug-likeness (QED) is 0.0684. The number of imidazole rings is 2. The summed E-state index contributed by atoms with van der Waals surface area (Å²) in [5, 5.41) is 29.7. The predicted molar refractivity (Wildman–Crippen MR) is 148 cm³/mol. The van der Waals surface area contributed by atoms with Crippen molar-refractivity contribution in [1.29, 1.82) is 5.26 Å². The van der Waals surface area contributed by atoms with Crippen molar-refractivity contribution in [3.05, 3.63) is 33.4 Å². The molecule has 6 heterocycles. The molecule has 0 aliphatic carbocycles. The van der Waals surface area contributed by atoms with E-state index < -0.39 is 76.4 Å². The highest BCUT2D eigenvalue weighted by molar-refractivity contribution is 7.47. The van der Waals surface area contributed by atoms with Crippen molar-refractivity contribution < 1.29 is 42.7 Å². The summed E-state index contributed by atoms with van der Waals surface area (Å²) in [5.74, 6) is 1.76. The van der Waals surface area contributed by atoms with Crippen LogP contribution in [0.5, 0.6) is 0 Å². The van der Waals surface area contributed by atoms with Crippen molar-refractivity contribution in [2.24, 2.45) is 0 Å². The first-order chi connectivity index (χ1) is 21.0. The van der Waals surface area contributed by atoms with E-state index in [1.165, 1.54) is 26.3 Å². The van der Waals surface area contributed by atoms with Crippen LogP contribution >= 0.6 is 7.82 Å². The molecule has 2 fully saturated rings. The van der Waals surface area contributed by atoms with Gasteiger partial charge in [0.05, 0.1) is 25.6 Å². The van der Waals surface area contributed by atoms with Crippen LogP contribution in [0.3, 0.4) is 0 Å². The number of nitriles is 1. The van der Waals surface area contributed by atoms with Crippen molar-refractivity contribution in [2.75, 3.05) is 24.7 Å². The van der Waals surface area contributed by atoms with Crippen LogP contribution in [-0.4, -0.2) is 94.2 Å². The Balaban J connectivity index is 1.13. The molecule has 0 bridgehead atoms. The molecule has 0 aromatic carbocycles. The van der Waals surface area contributed by atoms with Gasteiger partial charge in [0, 0.05) is 12.8 Å². The zero-order chi connectivity index (χ0) is 31.3. The maximum Gasteiger partial charge on any atom is 0.472 e. The summed E-state index contributed by atoms with van der Waals surface area (Å²) in [6, 6.07) is 0. The van der Waals surface area contributed by atoms with Crippen molar-refractivity contribution in [3.63, 3.8) is 0 Å². The lowest BCUT2D eigenvalue weighted by Gasteiger charge is -2.21. The maximum absolute atomic E-state index is 12.9. The molecule has 4 aromatic rings. The van der Waals surface area contributed by atoms with Gasteiger partial charge >= 0.3 is 7.82 Å². The smallest absolute Gasteiger partial charge is 0.414 e. The zero-order valence-electron chi connectivity index (χ0n) is 22.9. The number of ether oxygens (including phenoxy) is 2. The lowest BCUT2D eigenvalue weighted by Crippen LogP contribution is -2.41. The summed E-state index contributed by atoms with van der Waals surface area (Å²) in [6.07, 6.45) is -3.45. The molecule has 0 radical (unpaired) electrons. The Kier molecular flexibility index (Phi) is 7.72. The maximum atomic E-state index is 12.9. The van der Waals surface area contributed by atoms with E-state index >= 15 is 0 Å². The minimum absolute atomic E-state index is 0.000307. The van der Waals surface area contributed by atoms with Crippen molar-refractivity contribution in [2.45, 2.75) is 49.7 Å². The van der Waals surface area contributed by atoms with Crippen LogP contribution in [0, 0.1) is 11.2 Å². The molecule has 6 rings (SSSR count). The van der Waals surface area contributed by atoms with Gasteiger partial charge in [-0.15, -0.1) is 5.97 Å². The minimum Gasteiger partial charge on any atom is -0.414 e. The number of aromatic nitrogens is 8. The number of phosphoric acid groups is 1. The third kappa shape index (κ3) is 5.46. The van der Waals surface area contributed by atoms with Gasteiger partial charge in [-0.3, -0.25) is 33.2 Å². The fourth-order valence-electron chi connectivity index (χ4n) is 5.46. The number of fused-ring (bicyclic) bond motifs is 2. The van der Waals surface area contributed by atoms with Gasteiger partial charge in [0.15, 0.2) is 11.2 Å². The Bertz CT molecular complexity index is 1940. The number of nitrogens with two attached hydrogens (primary N) is 2. The van der Waals surface area contributed by atoms with Crippen LogP contribution in [0.15, 0.2) is 22.2 Å². The fourth-order valence-corrected chi connectivity index (χ4v) is 6.42. The Morgan fingerprint density at radius 3 is 2.55 bits per heavy atom. The van der Waals surface area contributed by atoms with Gasteiger partial charge in [0.25, 0.3) is 24.2 Å². The molecular weight excluding hydrogens is 608 g/mol. The Morgan fingerprint density at radius 2 is 1.82 bits per heavy atom. The zero-order valence-corrected chi connectivity index (χ0v) is 23.8. The number of aliphatic hydroxyl groups excluding tert-OH is 2. The minimum atomic E-state index is -4.80. The van der Waals surface area contributed by atoms with Crippen molar-refractivity contribution >= 4 is 49.5 Å². The number of aromatic amines is 2. The van der Waals surface area contributed by atoms with Gasteiger partial charge in [-0.25, -0.2) is 14.8 Å². The molecule has 2 saturated heterocycles. The number of phosphoric ester groups is 1. The highest BCUT2D eigenvalue weighted by Crippen LogP contribution is 2.49. The van der Waals surface area contributed by atoms with E-state index in [4.69, 9.17) is 30.0 Å². The number of rotatable bonds is 9. The summed E-state index contributed by atoms with van der Waals surface area (Å²) in [4.78, 5) is 52.0. The molecule has 7 atom stereocenters. The van der Waals surface area contributed by atoms with E-state index in [0.29, 0.717) is 0 Å². The van der Waals surface area contributed by atoms with Crippen LogP contribution in [-0.2, 0) is 23.1 Å².